The van der Waals surface area contributed by atoms with Gasteiger partial charge in [0, 0.05) is 37.9 Å². The lowest BCUT2D eigenvalue weighted by atomic mass is 10.3. The van der Waals surface area contributed by atoms with E-state index < -0.39 is 10.0 Å². The first-order chi connectivity index (χ1) is 10.8. The third kappa shape index (κ3) is 3.35. The molecule has 0 spiro atoms. The molecule has 0 atom stereocenters. The Hall–Kier alpha value is -2.00. The molecule has 2 aromatic heterocycles. The van der Waals surface area contributed by atoms with E-state index in [2.05, 4.69) is 20.0 Å². The van der Waals surface area contributed by atoms with Gasteiger partial charge in [-0.05, 0) is 19.9 Å². The number of sulfonamides is 1. The molecular formula is C14H20N6O2S. The molecule has 1 aliphatic heterocycles. The number of piperazine rings is 1. The zero-order valence-corrected chi connectivity index (χ0v) is 14.3. The van der Waals surface area contributed by atoms with Crippen LogP contribution in [0.2, 0.25) is 0 Å². The Morgan fingerprint density at radius 3 is 2.22 bits per heavy atom. The van der Waals surface area contributed by atoms with Crippen LogP contribution in [-0.4, -0.2) is 64.9 Å². The zero-order valence-electron chi connectivity index (χ0n) is 13.5. The SMILES string of the molecule is Cc1cc(C)n(-c2cc(N3CCN(S(C)(=O)=O)CC3)ncn2)n1. The highest BCUT2D eigenvalue weighted by molar-refractivity contribution is 7.88. The molecule has 0 saturated carbocycles. The summed E-state index contributed by atoms with van der Waals surface area (Å²) in [4.78, 5) is 10.7. The second-order valence-electron chi connectivity index (χ2n) is 5.72. The Balaban J connectivity index is 1.80. The van der Waals surface area contributed by atoms with E-state index in [9.17, 15) is 8.42 Å². The quantitative estimate of drug-likeness (QED) is 0.805. The second kappa shape index (κ2) is 5.89. The monoisotopic (exact) mass is 336 g/mol. The van der Waals surface area contributed by atoms with Crippen LogP contribution in [0.15, 0.2) is 18.5 Å². The van der Waals surface area contributed by atoms with Gasteiger partial charge in [0.15, 0.2) is 5.82 Å². The first kappa shape index (κ1) is 15.9. The maximum absolute atomic E-state index is 11.6. The fraction of sp³-hybridized carbons (Fsp3) is 0.500. The molecule has 0 amide bonds. The highest BCUT2D eigenvalue weighted by Gasteiger charge is 2.24. The summed E-state index contributed by atoms with van der Waals surface area (Å²) in [6, 6.07) is 3.88. The first-order valence-electron chi connectivity index (χ1n) is 7.40. The molecule has 124 valence electrons. The fourth-order valence-electron chi connectivity index (χ4n) is 2.74. The molecule has 23 heavy (non-hydrogen) atoms. The van der Waals surface area contributed by atoms with Crippen LogP contribution in [-0.2, 0) is 10.0 Å². The van der Waals surface area contributed by atoms with E-state index in [0.717, 1.165) is 17.2 Å². The molecule has 1 saturated heterocycles. The van der Waals surface area contributed by atoms with Crippen molar-refractivity contribution in [3.63, 3.8) is 0 Å². The standard InChI is InChI=1S/C14H20N6O2S/c1-11-8-12(2)20(17-11)14-9-13(15-10-16-14)18-4-6-19(7-5-18)23(3,21)22/h8-10H,4-7H2,1-3H3. The lowest BCUT2D eigenvalue weighted by Crippen LogP contribution is -2.48. The van der Waals surface area contributed by atoms with Gasteiger partial charge in [-0.1, -0.05) is 0 Å². The third-order valence-corrected chi connectivity index (χ3v) is 5.20. The minimum Gasteiger partial charge on any atom is -0.354 e. The van der Waals surface area contributed by atoms with E-state index in [0.29, 0.717) is 32.0 Å². The van der Waals surface area contributed by atoms with Crippen molar-refractivity contribution < 1.29 is 8.42 Å². The summed E-state index contributed by atoms with van der Waals surface area (Å²) in [6.07, 6.45) is 2.76. The van der Waals surface area contributed by atoms with Gasteiger partial charge in [-0.25, -0.2) is 23.1 Å². The van der Waals surface area contributed by atoms with Crippen molar-refractivity contribution >= 4 is 15.8 Å². The van der Waals surface area contributed by atoms with Crippen LogP contribution >= 0.6 is 0 Å². The summed E-state index contributed by atoms with van der Waals surface area (Å²) in [5.74, 6) is 1.50. The van der Waals surface area contributed by atoms with E-state index in [1.807, 2.05) is 26.0 Å². The Bertz CT molecular complexity index is 808. The molecule has 8 nitrogen and oxygen atoms in total. The predicted octanol–water partition coefficient (Wildman–Crippen LogP) is 0.361. The van der Waals surface area contributed by atoms with E-state index in [1.165, 1.54) is 16.9 Å². The molecule has 1 aliphatic rings. The number of hydrogen-bond donors (Lipinski definition) is 0. The van der Waals surface area contributed by atoms with Gasteiger partial charge in [0.2, 0.25) is 10.0 Å². The molecule has 0 unspecified atom stereocenters. The summed E-state index contributed by atoms with van der Waals surface area (Å²) >= 11 is 0. The minimum absolute atomic E-state index is 0.470. The summed E-state index contributed by atoms with van der Waals surface area (Å²) in [6.45, 7) is 6.08. The number of nitrogens with zero attached hydrogens (tertiary/aromatic N) is 6. The third-order valence-electron chi connectivity index (χ3n) is 3.90. The normalized spacial score (nSPS) is 16.7. The lowest BCUT2D eigenvalue weighted by Gasteiger charge is -2.33. The Morgan fingerprint density at radius 2 is 1.65 bits per heavy atom. The Morgan fingerprint density at radius 1 is 1.00 bits per heavy atom. The summed E-state index contributed by atoms with van der Waals surface area (Å²) in [5.41, 5.74) is 1.94. The molecule has 3 heterocycles. The van der Waals surface area contributed by atoms with Crippen LogP contribution < -0.4 is 4.90 Å². The molecule has 0 bridgehead atoms. The van der Waals surface area contributed by atoms with Crippen molar-refractivity contribution in [3.05, 3.63) is 29.8 Å². The Kier molecular flexibility index (Phi) is 4.07. The van der Waals surface area contributed by atoms with Crippen LogP contribution in [0.5, 0.6) is 0 Å². The van der Waals surface area contributed by atoms with Crippen LogP contribution in [0, 0.1) is 13.8 Å². The van der Waals surface area contributed by atoms with Gasteiger partial charge in [-0.3, -0.25) is 0 Å². The molecule has 9 heteroatoms. The van der Waals surface area contributed by atoms with Crippen molar-refractivity contribution in [3.8, 4) is 5.82 Å². The maximum atomic E-state index is 11.6. The molecule has 0 N–H and O–H groups in total. The summed E-state index contributed by atoms with van der Waals surface area (Å²) < 4.78 is 26.4. The molecule has 0 aliphatic carbocycles. The van der Waals surface area contributed by atoms with Gasteiger partial charge in [-0.2, -0.15) is 9.40 Å². The van der Waals surface area contributed by atoms with E-state index in [4.69, 9.17) is 0 Å². The smallest absolute Gasteiger partial charge is 0.211 e. The van der Waals surface area contributed by atoms with Crippen LogP contribution in [0.3, 0.4) is 0 Å². The Labute approximate surface area is 135 Å². The van der Waals surface area contributed by atoms with Gasteiger partial charge >= 0.3 is 0 Å². The number of anilines is 1. The summed E-state index contributed by atoms with van der Waals surface area (Å²) in [7, 11) is -3.13. The number of hydrogen-bond acceptors (Lipinski definition) is 6. The molecule has 0 radical (unpaired) electrons. The van der Waals surface area contributed by atoms with Gasteiger partial charge in [-0.15, -0.1) is 0 Å². The molecule has 2 aromatic rings. The van der Waals surface area contributed by atoms with Crippen molar-refractivity contribution in [1.82, 2.24) is 24.1 Å². The first-order valence-corrected chi connectivity index (χ1v) is 9.25. The molecule has 0 aromatic carbocycles. The van der Waals surface area contributed by atoms with Gasteiger partial charge < -0.3 is 4.90 Å². The van der Waals surface area contributed by atoms with Crippen molar-refractivity contribution in [2.24, 2.45) is 0 Å². The predicted molar refractivity (Wildman–Crippen MR) is 87.3 cm³/mol. The molecular weight excluding hydrogens is 316 g/mol. The maximum Gasteiger partial charge on any atom is 0.211 e. The average molecular weight is 336 g/mol. The van der Waals surface area contributed by atoms with Gasteiger partial charge in [0.1, 0.15) is 12.1 Å². The van der Waals surface area contributed by atoms with Gasteiger partial charge in [0.05, 0.1) is 11.9 Å². The van der Waals surface area contributed by atoms with Crippen molar-refractivity contribution in [2.45, 2.75) is 13.8 Å². The van der Waals surface area contributed by atoms with Crippen LogP contribution in [0.4, 0.5) is 5.82 Å². The number of rotatable bonds is 3. The van der Waals surface area contributed by atoms with Crippen molar-refractivity contribution in [2.75, 3.05) is 37.3 Å². The van der Waals surface area contributed by atoms with E-state index in [1.54, 1.807) is 4.68 Å². The summed E-state index contributed by atoms with van der Waals surface area (Å²) in [5, 5.41) is 4.43. The number of aryl methyl sites for hydroxylation is 2. The zero-order chi connectivity index (χ0) is 16.6. The van der Waals surface area contributed by atoms with Gasteiger partial charge in [0.25, 0.3) is 0 Å². The molecule has 1 fully saturated rings. The van der Waals surface area contributed by atoms with Crippen molar-refractivity contribution in [1.29, 1.82) is 0 Å². The van der Waals surface area contributed by atoms with E-state index >= 15 is 0 Å². The number of aromatic nitrogens is 4. The highest BCUT2D eigenvalue weighted by Crippen LogP contribution is 2.18. The average Bonchev–Trinajstić information content (AvgIpc) is 2.85. The fourth-order valence-corrected chi connectivity index (χ4v) is 3.56. The van der Waals surface area contributed by atoms with Crippen LogP contribution in [0.1, 0.15) is 11.4 Å². The lowest BCUT2D eigenvalue weighted by molar-refractivity contribution is 0.387. The highest BCUT2D eigenvalue weighted by atomic mass is 32.2. The van der Waals surface area contributed by atoms with E-state index in [-0.39, 0.29) is 0 Å². The minimum atomic E-state index is -3.13. The largest absolute Gasteiger partial charge is 0.354 e. The van der Waals surface area contributed by atoms with Crippen LogP contribution in [0.25, 0.3) is 5.82 Å². The topological polar surface area (TPSA) is 84.2 Å². The molecule has 3 rings (SSSR count). The second-order valence-corrected chi connectivity index (χ2v) is 7.70.